The summed E-state index contributed by atoms with van der Waals surface area (Å²) in [6.45, 7) is 7.87. The first-order chi connectivity index (χ1) is 14.1. The van der Waals surface area contributed by atoms with Gasteiger partial charge in [-0.05, 0) is 55.4 Å². The topological polar surface area (TPSA) is 48.1 Å². The summed E-state index contributed by atoms with van der Waals surface area (Å²) >= 11 is 0. The first kappa shape index (κ1) is 19.5. The van der Waals surface area contributed by atoms with Gasteiger partial charge in [-0.1, -0.05) is 18.2 Å². The van der Waals surface area contributed by atoms with Crippen molar-refractivity contribution in [1.29, 1.82) is 0 Å². The average Bonchev–Trinajstić information content (AvgIpc) is 3.26. The van der Waals surface area contributed by atoms with Crippen LogP contribution in [0.25, 0.3) is 0 Å². The second kappa shape index (κ2) is 8.68. The van der Waals surface area contributed by atoms with Gasteiger partial charge in [-0.2, -0.15) is 0 Å². The lowest BCUT2D eigenvalue weighted by Gasteiger charge is -2.32. The van der Waals surface area contributed by atoms with E-state index in [4.69, 9.17) is 4.84 Å². The summed E-state index contributed by atoms with van der Waals surface area (Å²) in [5.41, 5.74) is 4.58. The molecule has 0 aromatic heterocycles. The molecule has 6 heteroatoms. The number of benzene rings is 2. The van der Waals surface area contributed by atoms with E-state index in [1.165, 1.54) is 5.56 Å². The van der Waals surface area contributed by atoms with Gasteiger partial charge in [-0.25, -0.2) is 5.06 Å². The second-order valence-electron chi connectivity index (χ2n) is 7.77. The first-order valence-corrected chi connectivity index (χ1v) is 10.1. The zero-order chi connectivity index (χ0) is 20.2. The van der Waals surface area contributed by atoms with E-state index >= 15 is 0 Å². The van der Waals surface area contributed by atoms with E-state index in [0.29, 0.717) is 12.1 Å². The molecule has 0 radical (unpaired) electrons. The molecule has 6 nitrogen and oxygen atoms in total. The van der Waals surface area contributed by atoms with Crippen LogP contribution in [0.15, 0.2) is 54.8 Å². The van der Waals surface area contributed by atoms with Crippen molar-refractivity contribution < 1.29 is 9.63 Å². The van der Waals surface area contributed by atoms with Gasteiger partial charge >= 0.3 is 0 Å². The molecule has 2 aliphatic rings. The molecule has 29 heavy (non-hydrogen) atoms. The minimum atomic E-state index is -0.0917. The Labute approximate surface area is 172 Å². The van der Waals surface area contributed by atoms with Gasteiger partial charge in [0.05, 0.1) is 12.2 Å². The molecule has 0 spiro atoms. The van der Waals surface area contributed by atoms with E-state index in [-0.39, 0.29) is 5.91 Å². The summed E-state index contributed by atoms with van der Waals surface area (Å²) < 4.78 is 0. The predicted octanol–water partition coefficient (Wildman–Crippen LogP) is 3.26. The maximum absolute atomic E-state index is 12.9. The molecule has 4 rings (SSSR count). The molecular weight excluding hydrogens is 364 g/mol. The molecule has 1 N–H and O–H groups in total. The minimum Gasteiger partial charge on any atom is -0.387 e. The lowest BCUT2D eigenvalue weighted by atomic mass is 10.1. The monoisotopic (exact) mass is 392 g/mol. The van der Waals surface area contributed by atoms with E-state index in [2.05, 4.69) is 28.2 Å². The third-order valence-electron chi connectivity index (χ3n) is 5.50. The van der Waals surface area contributed by atoms with Gasteiger partial charge < -0.3 is 15.1 Å². The number of nitrogens with zero attached hydrogens (tertiary/aromatic N) is 3. The van der Waals surface area contributed by atoms with Gasteiger partial charge in [0.2, 0.25) is 0 Å². The number of likely N-dealkylation sites (N-methyl/N-ethyl adjacent to an activating group) is 1. The normalized spacial score (nSPS) is 17.4. The largest absolute Gasteiger partial charge is 0.387 e. The molecule has 0 aliphatic carbocycles. The number of amides is 1. The Bertz CT molecular complexity index is 896. The lowest BCUT2D eigenvalue weighted by Crippen LogP contribution is -2.43. The molecule has 1 saturated heterocycles. The number of carbonyl (C=O) groups is 1. The standard InChI is InChI=1S/C23H28N4O2/c1-18-7-8-21(27-9-4-14-29-27)16-22(18)24-23(28)20-6-3-5-19(15-20)17-26-12-10-25(2)11-13-26/h3-8,14-16H,9-13,17H2,1-2H3,(H,24,28). The molecule has 0 saturated carbocycles. The SMILES string of the molecule is Cc1ccc(N2CC=CO2)cc1NC(=O)c1cccc(CN2CCN(C)CC2)c1. The number of hydrogen-bond acceptors (Lipinski definition) is 5. The number of carbonyl (C=O) groups excluding carboxylic acids is 1. The zero-order valence-electron chi connectivity index (χ0n) is 17.1. The maximum atomic E-state index is 12.9. The molecular formula is C23H28N4O2. The van der Waals surface area contributed by atoms with Crippen molar-refractivity contribution in [1.82, 2.24) is 9.80 Å². The Morgan fingerprint density at radius 2 is 1.93 bits per heavy atom. The van der Waals surface area contributed by atoms with Crippen LogP contribution in [0.1, 0.15) is 21.5 Å². The third-order valence-corrected chi connectivity index (χ3v) is 5.50. The Morgan fingerprint density at radius 1 is 1.10 bits per heavy atom. The van der Waals surface area contributed by atoms with Crippen molar-refractivity contribution in [3.8, 4) is 0 Å². The highest BCUT2D eigenvalue weighted by atomic mass is 16.7. The molecule has 152 valence electrons. The van der Waals surface area contributed by atoms with Gasteiger partial charge in [0.15, 0.2) is 0 Å². The fourth-order valence-electron chi connectivity index (χ4n) is 3.63. The minimum absolute atomic E-state index is 0.0917. The zero-order valence-corrected chi connectivity index (χ0v) is 17.1. The highest BCUT2D eigenvalue weighted by Crippen LogP contribution is 2.25. The average molecular weight is 393 g/mol. The molecule has 2 aromatic carbocycles. The van der Waals surface area contributed by atoms with Crippen molar-refractivity contribution in [3.63, 3.8) is 0 Å². The molecule has 2 aromatic rings. The fourth-order valence-corrected chi connectivity index (χ4v) is 3.63. The van der Waals surface area contributed by atoms with Crippen molar-refractivity contribution in [3.05, 3.63) is 71.5 Å². The molecule has 0 unspecified atom stereocenters. The first-order valence-electron chi connectivity index (χ1n) is 10.1. The Balaban J connectivity index is 1.44. The van der Waals surface area contributed by atoms with Crippen LogP contribution in [0.4, 0.5) is 11.4 Å². The van der Waals surface area contributed by atoms with Gasteiger partial charge in [0.1, 0.15) is 6.26 Å². The van der Waals surface area contributed by atoms with Gasteiger partial charge in [-0.3, -0.25) is 9.69 Å². The van der Waals surface area contributed by atoms with E-state index in [1.807, 2.05) is 49.4 Å². The number of piperazine rings is 1. The predicted molar refractivity (Wildman–Crippen MR) is 116 cm³/mol. The van der Waals surface area contributed by atoms with E-state index in [9.17, 15) is 4.79 Å². The molecule has 1 fully saturated rings. The smallest absolute Gasteiger partial charge is 0.255 e. The van der Waals surface area contributed by atoms with Crippen LogP contribution in [0, 0.1) is 6.92 Å². The number of hydrogen-bond donors (Lipinski definition) is 1. The molecule has 2 heterocycles. The Kier molecular flexibility index (Phi) is 5.83. The molecule has 0 atom stereocenters. The number of aryl methyl sites for hydroxylation is 1. The number of rotatable bonds is 5. The summed E-state index contributed by atoms with van der Waals surface area (Å²) in [6.07, 6.45) is 3.62. The number of nitrogens with one attached hydrogen (secondary N) is 1. The lowest BCUT2D eigenvalue weighted by molar-refractivity contribution is 0.102. The summed E-state index contributed by atoms with van der Waals surface area (Å²) in [5.74, 6) is -0.0917. The van der Waals surface area contributed by atoms with Crippen LogP contribution in [-0.2, 0) is 11.4 Å². The summed E-state index contributed by atoms with van der Waals surface area (Å²) in [5, 5.41) is 4.85. The van der Waals surface area contributed by atoms with E-state index in [0.717, 1.165) is 49.7 Å². The van der Waals surface area contributed by atoms with Crippen molar-refractivity contribution in [2.75, 3.05) is 50.2 Å². The summed E-state index contributed by atoms with van der Waals surface area (Å²) in [4.78, 5) is 23.1. The maximum Gasteiger partial charge on any atom is 0.255 e. The van der Waals surface area contributed by atoms with Crippen LogP contribution in [-0.4, -0.2) is 55.5 Å². The van der Waals surface area contributed by atoms with Crippen LogP contribution < -0.4 is 10.4 Å². The highest BCUT2D eigenvalue weighted by molar-refractivity contribution is 6.05. The number of hydroxylamine groups is 1. The Hall–Kier alpha value is -2.83. The molecule has 2 aliphatic heterocycles. The third kappa shape index (κ3) is 4.78. The Morgan fingerprint density at radius 3 is 2.69 bits per heavy atom. The van der Waals surface area contributed by atoms with Gasteiger partial charge in [-0.15, -0.1) is 0 Å². The van der Waals surface area contributed by atoms with Gasteiger partial charge in [0, 0.05) is 44.0 Å². The van der Waals surface area contributed by atoms with Gasteiger partial charge in [0.25, 0.3) is 5.91 Å². The van der Waals surface area contributed by atoms with Crippen molar-refractivity contribution >= 4 is 17.3 Å². The van der Waals surface area contributed by atoms with Crippen LogP contribution in [0.3, 0.4) is 0 Å². The summed E-state index contributed by atoms with van der Waals surface area (Å²) in [7, 11) is 2.16. The summed E-state index contributed by atoms with van der Waals surface area (Å²) in [6, 6.07) is 13.9. The quantitative estimate of drug-likeness (QED) is 0.846. The number of anilines is 2. The van der Waals surface area contributed by atoms with E-state index < -0.39 is 0 Å². The van der Waals surface area contributed by atoms with Crippen LogP contribution in [0.2, 0.25) is 0 Å². The van der Waals surface area contributed by atoms with E-state index in [1.54, 1.807) is 11.3 Å². The highest BCUT2D eigenvalue weighted by Gasteiger charge is 2.16. The van der Waals surface area contributed by atoms with Crippen molar-refractivity contribution in [2.24, 2.45) is 0 Å². The van der Waals surface area contributed by atoms with Crippen molar-refractivity contribution in [2.45, 2.75) is 13.5 Å². The second-order valence-corrected chi connectivity index (χ2v) is 7.77. The van der Waals surface area contributed by atoms with Crippen LogP contribution in [0.5, 0.6) is 0 Å². The fraction of sp³-hybridized carbons (Fsp3) is 0.348. The molecule has 1 amide bonds. The van der Waals surface area contributed by atoms with Crippen LogP contribution >= 0.6 is 0 Å². The molecule has 0 bridgehead atoms.